The molecule has 0 aliphatic carbocycles. The van der Waals surface area contributed by atoms with Crippen molar-refractivity contribution in [1.29, 1.82) is 0 Å². The van der Waals surface area contributed by atoms with Crippen molar-refractivity contribution in [3.8, 4) is 11.5 Å². The number of nitrogens with zero attached hydrogens (tertiary/aromatic N) is 2. The minimum atomic E-state index is -0.676. The fraction of sp³-hybridized carbons (Fsp3) is 0.500. The molecule has 8 heteroatoms. The van der Waals surface area contributed by atoms with Crippen LogP contribution in [0.3, 0.4) is 0 Å². The normalized spacial score (nSPS) is 16.4. The quantitative estimate of drug-likeness (QED) is 0.435. The molecule has 7 nitrogen and oxygen atoms in total. The van der Waals surface area contributed by atoms with E-state index in [1.165, 1.54) is 4.88 Å². The third-order valence-electron chi connectivity index (χ3n) is 5.72. The Hall–Kier alpha value is -2.39. The molecular weight excluding hydrogens is 452 g/mol. The highest BCUT2D eigenvalue weighted by molar-refractivity contribution is 7.10. The number of benzene rings is 1. The molecule has 0 unspecified atom stereocenters. The molecule has 0 radical (unpaired) electrons. The lowest BCUT2D eigenvalue weighted by atomic mass is 10.0. The second-order valence-corrected chi connectivity index (χ2v) is 9.63. The van der Waals surface area contributed by atoms with Gasteiger partial charge in [0, 0.05) is 24.5 Å². The summed E-state index contributed by atoms with van der Waals surface area (Å²) in [4.78, 5) is 18.6. The molecule has 3 rings (SSSR count). The van der Waals surface area contributed by atoms with E-state index in [4.69, 9.17) is 14.2 Å². The van der Waals surface area contributed by atoms with Crippen LogP contribution in [-0.4, -0.2) is 79.5 Å². The number of aliphatic hydroxyl groups is 1. The first-order chi connectivity index (χ1) is 16.4. The molecule has 1 aliphatic heterocycles. The Kier molecular flexibility index (Phi) is 9.95. The Bertz CT molecular complexity index is 931. The number of amides is 1. The SMILES string of the molecule is C=CCN(CC(=O)N1CCc2sccc2[C@H]1COc1ccccc1OC)C[C@H](O)COC(C)C. The number of methoxy groups -OCH3 is 1. The Morgan fingerprint density at radius 2 is 2.09 bits per heavy atom. The zero-order chi connectivity index (χ0) is 24.5. The number of aliphatic hydroxyl groups excluding tert-OH is 1. The van der Waals surface area contributed by atoms with Crippen molar-refractivity contribution < 1.29 is 24.1 Å². The van der Waals surface area contributed by atoms with Gasteiger partial charge in [0.2, 0.25) is 5.91 Å². The average molecular weight is 489 g/mol. The van der Waals surface area contributed by atoms with Crippen LogP contribution < -0.4 is 9.47 Å². The van der Waals surface area contributed by atoms with Crippen LogP contribution in [0.4, 0.5) is 0 Å². The number of para-hydroxylation sites is 2. The zero-order valence-corrected chi connectivity index (χ0v) is 21.1. The molecule has 1 aromatic heterocycles. The first-order valence-corrected chi connectivity index (χ1v) is 12.5. The molecule has 1 N–H and O–H groups in total. The van der Waals surface area contributed by atoms with E-state index in [2.05, 4.69) is 18.0 Å². The maximum atomic E-state index is 13.5. The summed E-state index contributed by atoms with van der Waals surface area (Å²) in [6.45, 7) is 9.90. The third-order valence-corrected chi connectivity index (χ3v) is 6.71. The van der Waals surface area contributed by atoms with Crippen molar-refractivity contribution in [3.63, 3.8) is 0 Å². The second-order valence-electron chi connectivity index (χ2n) is 8.63. The molecule has 0 fully saturated rings. The first-order valence-electron chi connectivity index (χ1n) is 11.7. The second kappa shape index (κ2) is 12.9. The Balaban J connectivity index is 1.70. The van der Waals surface area contributed by atoms with E-state index in [-0.39, 0.29) is 31.2 Å². The number of fused-ring (bicyclic) bond motifs is 1. The smallest absolute Gasteiger partial charge is 0.237 e. The third kappa shape index (κ3) is 7.06. The van der Waals surface area contributed by atoms with Crippen molar-refractivity contribution in [3.05, 3.63) is 58.8 Å². The number of rotatable bonds is 13. The van der Waals surface area contributed by atoms with Gasteiger partial charge in [-0.05, 0) is 49.4 Å². The lowest BCUT2D eigenvalue weighted by molar-refractivity contribution is -0.136. The van der Waals surface area contributed by atoms with Gasteiger partial charge in [-0.15, -0.1) is 17.9 Å². The largest absolute Gasteiger partial charge is 0.493 e. The number of hydrogen-bond acceptors (Lipinski definition) is 7. The molecule has 0 bridgehead atoms. The van der Waals surface area contributed by atoms with E-state index >= 15 is 0 Å². The lowest BCUT2D eigenvalue weighted by Crippen LogP contribution is -2.48. The molecule has 34 heavy (non-hydrogen) atoms. The van der Waals surface area contributed by atoms with E-state index in [0.717, 1.165) is 12.0 Å². The van der Waals surface area contributed by atoms with Gasteiger partial charge >= 0.3 is 0 Å². The van der Waals surface area contributed by atoms with E-state index < -0.39 is 6.10 Å². The van der Waals surface area contributed by atoms with Gasteiger partial charge in [0.25, 0.3) is 0 Å². The number of carbonyl (C=O) groups excluding carboxylic acids is 1. The molecule has 1 aliphatic rings. The van der Waals surface area contributed by atoms with Gasteiger partial charge in [0.15, 0.2) is 11.5 Å². The van der Waals surface area contributed by atoms with Crippen LogP contribution in [0.25, 0.3) is 0 Å². The zero-order valence-electron chi connectivity index (χ0n) is 20.3. The monoisotopic (exact) mass is 488 g/mol. The maximum Gasteiger partial charge on any atom is 0.237 e. The number of carbonyl (C=O) groups is 1. The van der Waals surface area contributed by atoms with Crippen molar-refractivity contribution in [2.75, 3.05) is 46.5 Å². The van der Waals surface area contributed by atoms with Crippen molar-refractivity contribution in [1.82, 2.24) is 9.80 Å². The standard InChI is InChI=1S/C26H36N2O5S/c1-5-12-27(15-20(29)17-32-19(2)3)16-26(30)28-13-10-25-21(11-14-34-25)22(28)18-33-24-9-7-6-8-23(24)31-4/h5-9,11,14,19-20,22,29H,1,10,12-13,15-18H2,2-4H3/t20-,22+/m0/s1. The molecule has 0 saturated carbocycles. The minimum absolute atomic E-state index is 0.00399. The topological polar surface area (TPSA) is 71.5 Å². The van der Waals surface area contributed by atoms with Gasteiger partial charge < -0.3 is 24.2 Å². The van der Waals surface area contributed by atoms with Crippen LogP contribution in [0.2, 0.25) is 0 Å². The van der Waals surface area contributed by atoms with Crippen LogP contribution >= 0.6 is 11.3 Å². The van der Waals surface area contributed by atoms with Gasteiger partial charge in [-0.3, -0.25) is 9.69 Å². The lowest BCUT2D eigenvalue weighted by Gasteiger charge is -2.37. The molecule has 0 saturated heterocycles. The van der Waals surface area contributed by atoms with E-state index in [1.807, 2.05) is 47.9 Å². The summed E-state index contributed by atoms with van der Waals surface area (Å²) in [5.41, 5.74) is 1.14. The predicted molar refractivity (Wildman–Crippen MR) is 135 cm³/mol. The Morgan fingerprint density at radius 3 is 2.79 bits per heavy atom. The summed E-state index contributed by atoms with van der Waals surface area (Å²) in [5.74, 6) is 1.32. The van der Waals surface area contributed by atoms with E-state index in [9.17, 15) is 9.90 Å². The highest BCUT2D eigenvalue weighted by Gasteiger charge is 2.33. The fourth-order valence-electron chi connectivity index (χ4n) is 4.10. The molecule has 2 atom stereocenters. The molecular formula is C26H36N2O5S. The maximum absolute atomic E-state index is 13.5. The van der Waals surface area contributed by atoms with Crippen molar-refractivity contribution in [2.45, 2.75) is 38.5 Å². The molecule has 1 amide bonds. The number of thiophene rings is 1. The van der Waals surface area contributed by atoms with E-state index in [0.29, 0.717) is 37.7 Å². The Labute approximate surface area is 206 Å². The summed E-state index contributed by atoms with van der Waals surface area (Å²) in [6.07, 6.45) is 1.94. The van der Waals surface area contributed by atoms with Crippen LogP contribution in [0, 0.1) is 0 Å². The van der Waals surface area contributed by atoms with Crippen LogP contribution in [0.5, 0.6) is 11.5 Å². The van der Waals surface area contributed by atoms with E-state index in [1.54, 1.807) is 24.5 Å². The van der Waals surface area contributed by atoms with Crippen LogP contribution in [0.1, 0.15) is 30.3 Å². The molecule has 186 valence electrons. The van der Waals surface area contributed by atoms with Crippen LogP contribution in [0.15, 0.2) is 48.4 Å². The van der Waals surface area contributed by atoms with Gasteiger partial charge in [-0.25, -0.2) is 0 Å². The molecule has 0 spiro atoms. The highest BCUT2D eigenvalue weighted by Crippen LogP contribution is 2.35. The predicted octanol–water partition coefficient (Wildman–Crippen LogP) is 3.54. The average Bonchev–Trinajstić information content (AvgIpc) is 3.30. The van der Waals surface area contributed by atoms with Crippen molar-refractivity contribution in [2.24, 2.45) is 0 Å². The minimum Gasteiger partial charge on any atom is -0.493 e. The summed E-state index contributed by atoms with van der Waals surface area (Å²) >= 11 is 1.72. The fourth-order valence-corrected chi connectivity index (χ4v) is 5.03. The first kappa shape index (κ1) is 26.2. The van der Waals surface area contributed by atoms with Gasteiger partial charge in [-0.1, -0.05) is 18.2 Å². The van der Waals surface area contributed by atoms with Gasteiger partial charge in [0.1, 0.15) is 6.61 Å². The molecule has 2 heterocycles. The van der Waals surface area contributed by atoms with Crippen molar-refractivity contribution >= 4 is 17.2 Å². The summed E-state index contributed by atoms with van der Waals surface area (Å²) in [7, 11) is 1.62. The summed E-state index contributed by atoms with van der Waals surface area (Å²) in [6, 6.07) is 9.43. The number of hydrogen-bond donors (Lipinski definition) is 1. The summed E-state index contributed by atoms with van der Waals surface area (Å²) < 4.78 is 17.1. The van der Waals surface area contributed by atoms with Crippen LogP contribution in [-0.2, 0) is 16.0 Å². The number of ether oxygens (including phenoxy) is 3. The van der Waals surface area contributed by atoms with Gasteiger partial charge in [0.05, 0.1) is 38.5 Å². The highest BCUT2D eigenvalue weighted by atomic mass is 32.1. The Morgan fingerprint density at radius 1 is 1.32 bits per heavy atom. The molecule has 1 aromatic carbocycles. The molecule has 2 aromatic rings. The summed E-state index contributed by atoms with van der Waals surface area (Å²) in [5, 5.41) is 12.4. The van der Waals surface area contributed by atoms with Gasteiger partial charge in [-0.2, -0.15) is 0 Å².